The monoisotopic (exact) mass is 324 g/mol. The highest BCUT2D eigenvalue weighted by Gasteiger charge is 2.26. The van der Waals surface area contributed by atoms with Crippen LogP contribution in [0.2, 0.25) is 0 Å². The zero-order valence-corrected chi connectivity index (χ0v) is 13.9. The number of nitrogens with one attached hydrogen (secondary N) is 2. The molecule has 24 heavy (non-hydrogen) atoms. The first-order valence-electron chi connectivity index (χ1n) is 7.90. The van der Waals surface area contributed by atoms with E-state index in [4.69, 9.17) is 4.74 Å². The average Bonchev–Trinajstić information content (AvgIpc) is 3.03. The maximum Gasteiger partial charge on any atom is 0.328 e. The van der Waals surface area contributed by atoms with Crippen molar-refractivity contribution in [2.45, 2.75) is 19.9 Å². The highest BCUT2D eigenvalue weighted by atomic mass is 16.5. The summed E-state index contributed by atoms with van der Waals surface area (Å²) in [6.45, 7) is 3.72. The van der Waals surface area contributed by atoms with Crippen LogP contribution in [-0.4, -0.2) is 30.0 Å². The maximum atomic E-state index is 12.5. The predicted octanol–water partition coefficient (Wildman–Crippen LogP) is 3.25. The van der Waals surface area contributed by atoms with Gasteiger partial charge in [0.05, 0.1) is 7.11 Å². The minimum atomic E-state index is -0.675. The van der Waals surface area contributed by atoms with E-state index in [-0.39, 0.29) is 11.8 Å². The molecule has 124 valence electrons. The summed E-state index contributed by atoms with van der Waals surface area (Å²) in [5.74, 6) is -0.828. The molecule has 0 radical (unpaired) electrons. The molecule has 0 aliphatic heterocycles. The average molecular weight is 324 g/mol. The number of carbonyl (C=O) groups is 2. The SMILES string of the molecule is COC(=O)[C@@H](NC(=O)c1cc2c(ccc3ccccc32)[nH]1)C(C)C. The highest BCUT2D eigenvalue weighted by Crippen LogP contribution is 2.26. The molecule has 2 aromatic carbocycles. The fourth-order valence-electron chi connectivity index (χ4n) is 2.85. The lowest BCUT2D eigenvalue weighted by Crippen LogP contribution is -2.45. The third-order valence-electron chi connectivity index (χ3n) is 4.18. The number of amides is 1. The summed E-state index contributed by atoms with van der Waals surface area (Å²) in [5.41, 5.74) is 1.31. The second-order valence-corrected chi connectivity index (χ2v) is 6.15. The van der Waals surface area contributed by atoms with Crippen molar-refractivity contribution >= 4 is 33.6 Å². The van der Waals surface area contributed by atoms with Gasteiger partial charge in [0.25, 0.3) is 5.91 Å². The van der Waals surface area contributed by atoms with Crippen LogP contribution in [0.1, 0.15) is 24.3 Å². The molecule has 0 saturated heterocycles. The van der Waals surface area contributed by atoms with Crippen LogP contribution in [0.25, 0.3) is 21.7 Å². The molecule has 1 aromatic heterocycles. The molecule has 5 nitrogen and oxygen atoms in total. The largest absolute Gasteiger partial charge is 0.467 e. The number of hydrogen-bond donors (Lipinski definition) is 2. The topological polar surface area (TPSA) is 71.2 Å². The molecule has 1 heterocycles. The number of rotatable bonds is 4. The van der Waals surface area contributed by atoms with Crippen molar-refractivity contribution in [3.05, 3.63) is 48.2 Å². The third kappa shape index (κ3) is 2.85. The van der Waals surface area contributed by atoms with Gasteiger partial charge in [0, 0.05) is 10.9 Å². The molecule has 0 aliphatic carbocycles. The Kier molecular flexibility index (Phi) is 4.25. The van der Waals surface area contributed by atoms with E-state index in [1.165, 1.54) is 7.11 Å². The number of carbonyl (C=O) groups excluding carboxylic acids is 2. The second-order valence-electron chi connectivity index (χ2n) is 6.15. The molecule has 1 atom stereocenters. The van der Waals surface area contributed by atoms with Gasteiger partial charge in [0.15, 0.2) is 0 Å². The van der Waals surface area contributed by atoms with Gasteiger partial charge in [-0.25, -0.2) is 4.79 Å². The van der Waals surface area contributed by atoms with Crippen LogP contribution in [0.5, 0.6) is 0 Å². The van der Waals surface area contributed by atoms with Crippen molar-refractivity contribution in [2.24, 2.45) is 5.92 Å². The Morgan fingerprint density at radius 2 is 1.83 bits per heavy atom. The number of methoxy groups -OCH3 is 1. The molecule has 0 bridgehead atoms. The lowest BCUT2D eigenvalue weighted by molar-refractivity contribution is -0.144. The van der Waals surface area contributed by atoms with Crippen LogP contribution >= 0.6 is 0 Å². The summed E-state index contributed by atoms with van der Waals surface area (Å²) >= 11 is 0. The predicted molar refractivity (Wildman–Crippen MR) is 93.9 cm³/mol. The van der Waals surface area contributed by atoms with E-state index in [1.807, 2.05) is 56.3 Å². The van der Waals surface area contributed by atoms with Gasteiger partial charge < -0.3 is 15.0 Å². The minimum absolute atomic E-state index is 0.0633. The molecular weight excluding hydrogens is 304 g/mol. The van der Waals surface area contributed by atoms with E-state index in [9.17, 15) is 9.59 Å². The number of aromatic amines is 1. The molecule has 3 rings (SSSR count). The quantitative estimate of drug-likeness (QED) is 0.724. The summed E-state index contributed by atoms with van der Waals surface area (Å²) in [6, 6.07) is 13.1. The fraction of sp³-hybridized carbons (Fsp3) is 0.263. The van der Waals surface area contributed by atoms with Gasteiger partial charge in [-0.15, -0.1) is 0 Å². The first kappa shape index (κ1) is 16.1. The van der Waals surface area contributed by atoms with Gasteiger partial charge in [-0.3, -0.25) is 4.79 Å². The Morgan fingerprint density at radius 1 is 1.08 bits per heavy atom. The first-order valence-corrected chi connectivity index (χ1v) is 7.90. The Bertz CT molecular complexity index is 911. The molecule has 0 saturated carbocycles. The first-order chi connectivity index (χ1) is 11.5. The van der Waals surface area contributed by atoms with Crippen LogP contribution in [-0.2, 0) is 9.53 Å². The number of aromatic nitrogens is 1. The van der Waals surface area contributed by atoms with Crippen LogP contribution < -0.4 is 5.32 Å². The normalized spacial score (nSPS) is 12.5. The van der Waals surface area contributed by atoms with Crippen LogP contribution in [0.15, 0.2) is 42.5 Å². The van der Waals surface area contributed by atoms with E-state index in [0.29, 0.717) is 5.69 Å². The third-order valence-corrected chi connectivity index (χ3v) is 4.18. The zero-order chi connectivity index (χ0) is 17.3. The van der Waals surface area contributed by atoms with Crippen molar-refractivity contribution in [3.63, 3.8) is 0 Å². The second kappa shape index (κ2) is 6.35. The Hall–Kier alpha value is -2.82. The lowest BCUT2D eigenvalue weighted by atomic mass is 10.0. The van der Waals surface area contributed by atoms with Gasteiger partial charge in [-0.1, -0.05) is 44.2 Å². The molecule has 5 heteroatoms. The molecule has 0 aliphatic rings. The minimum Gasteiger partial charge on any atom is -0.467 e. The fourth-order valence-corrected chi connectivity index (χ4v) is 2.85. The molecule has 0 fully saturated rings. The number of hydrogen-bond acceptors (Lipinski definition) is 3. The van der Waals surface area contributed by atoms with Gasteiger partial charge in [0.1, 0.15) is 11.7 Å². The van der Waals surface area contributed by atoms with Crippen molar-refractivity contribution in [1.29, 1.82) is 0 Å². The van der Waals surface area contributed by atoms with Crippen molar-refractivity contribution in [1.82, 2.24) is 10.3 Å². The summed E-state index contributed by atoms with van der Waals surface area (Å²) in [7, 11) is 1.32. The maximum absolute atomic E-state index is 12.5. The van der Waals surface area contributed by atoms with E-state index < -0.39 is 12.0 Å². The van der Waals surface area contributed by atoms with Crippen LogP contribution in [0.4, 0.5) is 0 Å². The number of H-pyrrole nitrogens is 1. The molecule has 1 amide bonds. The molecular formula is C19H20N2O3. The Morgan fingerprint density at radius 3 is 2.54 bits per heavy atom. The van der Waals surface area contributed by atoms with Crippen molar-refractivity contribution in [3.8, 4) is 0 Å². The van der Waals surface area contributed by atoms with Gasteiger partial charge in [-0.2, -0.15) is 0 Å². The van der Waals surface area contributed by atoms with Gasteiger partial charge in [-0.05, 0) is 28.8 Å². The van der Waals surface area contributed by atoms with Gasteiger partial charge >= 0.3 is 5.97 Å². The Balaban J connectivity index is 1.95. The van der Waals surface area contributed by atoms with Crippen LogP contribution in [0, 0.1) is 5.92 Å². The number of fused-ring (bicyclic) bond motifs is 3. The summed E-state index contributed by atoms with van der Waals surface area (Å²) < 4.78 is 4.76. The number of benzene rings is 2. The molecule has 0 spiro atoms. The summed E-state index contributed by atoms with van der Waals surface area (Å²) in [4.78, 5) is 27.5. The highest BCUT2D eigenvalue weighted by molar-refractivity contribution is 6.10. The molecule has 3 aromatic rings. The lowest BCUT2D eigenvalue weighted by Gasteiger charge is -2.19. The number of ether oxygens (including phenoxy) is 1. The number of esters is 1. The van der Waals surface area contributed by atoms with Gasteiger partial charge in [0.2, 0.25) is 0 Å². The van der Waals surface area contributed by atoms with Crippen LogP contribution in [0.3, 0.4) is 0 Å². The molecule has 2 N–H and O–H groups in total. The van der Waals surface area contributed by atoms with E-state index in [2.05, 4.69) is 10.3 Å². The van der Waals surface area contributed by atoms with E-state index >= 15 is 0 Å². The standard InChI is InChI=1S/C19H20N2O3/c1-11(2)17(19(23)24-3)21-18(22)16-10-14-13-7-5-4-6-12(13)8-9-15(14)20-16/h4-11,17,20H,1-3H3,(H,21,22)/t17-/m0/s1. The molecule has 0 unspecified atom stereocenters. The smallest absolute Gasteiger partial charge is 0.328 e. The zero-order valence-electron chi connectivity index (χ0n) is 13.9. The van der Waals surface area contributed by atoms with Crippen molar-refractivity contribution < 1.29 is 14.3 Å². The van der Waals surface area contributed by atoms with Crippen molar-refractivity contribution in [2.75, 3.05) is 7.11 Å². The Labute approximate surface area is 140 Å². The summed E-state index contributed by atoms with van der Waals surface area (Å²) in [6.07, 6.45) is 0. The van der Waals surface area contributed by atoms with E-state index in [1.54, 1.807) is 0 Å². The van der Waals surface area contributed by atoms with E-state index in [0.717, 1.165) is 21.7 Å². The summed E-state index contributed by atoms with van der Waals surface area (Å²) in [5, 5.41) is 5.93.